The van der Waals surface area contributed by atoms with Crippen LogP contribution in [0.4, 0.5) is 11.4 Å². The monoisotopic (exact) mass is 457 g/mol. The molecule has 3 N–H and O–H groups in total. The first-order valence-electron chi connectivity index (χ1n) is 10.7. The zero-order valence-electron chi connectivity index (χ0n) is 18.8. The molecule has 8 heteroatoms. The molecule has 4 rings (SSSR count). The summed E-state index contributed by atoms with van der Waals surface area (Å²) >= 11 is 0. The fraction of sp³-hybridized carbons (Fsp3) is 0.154. The van der Waals surface area contributed by atoms with E-state index >= 15 is 0 Å². The van der Waals surface area contributed by atoms with Crippen molar-refractivity contribution in [1.82, 2.24) is 0 Å². The Kier molecular flexibility index (Phi) is 6.14. The number of amides is 4. The first-order valence-corrected chi connectivity index (χ1v) is 10.7. The Hall–Kier alpha value is -4.46. The molecule has 0 saturated carbocycles. The van der Waals surface area contributed by atoms with Gasteiger partial charge in [0, 0.05) is 5.56 Å². The second-order valence-corrected chi connectivity index (χ2v) is 8.01. The lowest BCUT2D eigenvalue weighted by Crippen LogP contribution is -2.30. The summed E-state index contributed by atoms with van der Waals surface area (Å²) in [7, 11) is 0. The topological polar surface area (TPSA) is 119 Å². The van der Waals surface area contributed by atoms with Crippen molar-refractivity contribution in [2.24, 2.45) is 5.73 Å². The largest absolute Gasteiger partial charge is 0.491 e. The highest BCUT2D eigenvalue weighted by Crippen LogP contribution is 2.32. The molecular formula is C26H23N3O5. The number of para-hydroxylation sites is 2. The van der Waals surface area contributed by atoms with Crippen LogP contribution >= 0.6 is 0 Å². The fourth-order valence-electron chi connectivity index (χ4n) is 3.71. The van der Waals surface area contributed by atoms with Crippen LogP contribution in [0.5, 0.6) is 5.75 Å². The molecule has 3 aromatic rings. The van der Waals surface area contributed by atoms with E-state index in [9.17, 15) is 19.2 Å². The van der Waals surface area contributed by atoms with E-state index in [1.807, 2.05) is 26.0 Å². The molecule has 8 nitrogen and oxygen atoms in total. The van der Waals surface area contributed by atoms with E-state index in [-0.39, 0.29) is 29.7 Å². The van der Waals surface area contributed by atoms with Crippen LogP contribution in [0.15, 0.2) is 60.7 Å². The van der Waals surface area contributed by atoms with E-state index in [0.717, 1.165) is 16.0 Å². The summed E-state index contributed by atoms with van der Waals surface area (Å²) in [4.78, 5) is 51.2. The van der Waals surface area contributed by atoms with Crippen molar-refractivity contribution < 1.29 is 23.9 Å². The number of rotatable bonds is 7. The van der Waals surface area contributed by atoms with Gasteiger partial charge in [-0.1, -0.05) is 24.3 Å². The number of nitrogens with two attached hydrogens (primary N) is 1. The van der Waals surface area contributed by atoms with Gasteiger partial charge in [0.15, 0.2) is 0 Å². The molecule has 0 aliphatic carbocycles. The number of nitrogens with one attached hydrogen (secondary N) is 1. The van der Waals surface area contributed by atoms with Crippen molar-refractivity contribution in [2.75, 3.05) is 16.8 Å². The van der Waals surface area contributed by atoms with Crippen LogP contribution < -0.4 is 20.7 Å². The maximum atomic E-state index is 13.1. The molecule has 0 spiro atoms. The van der Waals surface area contributed by atoms with Crippen LogP contribution in [0.2, 0.25) is 0 Å². The second-order valence-electron chi connectivity index (χ2n) is 8.01. The van der Waals surface area contributed by atoms with Crippen LogP contribution in [0, 0.1) is 13.8 Å². The van der Waals surface area contributed by atoms with Crippen LogP contribution in [0.3, 0.4) is 0 Å². The van der Waals surface area contributed by atoms with Crippen molar-refractivity contribution in [3.8, 4) is 5.75 Å². The minimum Gasteiger partial charge on any atom is -0.491 e. The van der Waals surface area contributed by atoms with Gasteiger partial charge in [-0.25, -0.2) is 4.90 Å². The van der Waals surface area contributed by atoms with Gasteiger partial charge >= 0.3 is 0 Å². The van der Waals surface area contributed by atoms with Gasteiger partial charge in [-0.2, -0.15) is 0 Å². The van der Waals surface area contributed by atoms with Crippen molar-refractivity contribution in [3.63, 3.8) is 0 Å². The predicted octanol–water partition coefficient (Wildman–Crippen LogP) is 3.61. The van der Waals surface area contributed by atoms with Crippen LogP contribution in [0.1, 0.15) is 48.6 Å². The molecular weight excluding hydrogens is 434 g/mol. The van der Waals surface area contributed by atoms with Gasteiger partial charge in [-0.15, -0.1) is 0 Å². The lowest BCUT2D eigenvalue weighted by molar-refractivity contribution is -0.118. The summed E-state index contributed by atoms with van der Waals surface area (Å²) < 4.78 is 5.55. The van der Waals surface area contributed by atoms with Crippen LogP contribution in [-0.2, 0) is 4.79 Å². The van der Waals surface area contributed by atoms with E-state index < -0.39 is 23.6 Å². The zero-order valence-corrected chi connectivity index (χ0v) is 18.8. The lowest BCUT2D eigenvalue weighted by atomic mass is 10.1. The van der Waals surface area contributed by atoms with Gasteiger partial charge < -0.3 is 15.8 Å². The summed E-state index contributed by atoms with van der Waals surface area (Å²) in [5.74, 6) is -1.48. The molecule has 0 bridgehead atoms. The second kappa shape index (κ2) is 9.19. The van der Waals surface area contributed by atoms with Crippen molar-refractivity contribution in [3.05, 3.63) is 88.5 Å². The highest BCUT2D eigenvalue weighted by Gasteiger charge is 2.37. The number of anilines is 2. The number of ether oxygens (including phenoxy) is 1. The molecule has 1 aliphatic heterocycles. The third-order valence-electron chi connectivity index (χ3n) is 5.50. The number of hydrogen-bond acceptors (Lipinski definition) is 5. The number of carbonyl (C=O) groups excluding carboxylic acids is 4. The third-order valence-corrected chi connectivity index (χ3v) is 5.50. The maximum Gasteiger partial charge on any atom is 0.266 e. The normalized spacial score (nSPS) is 12.5. The summed E-state index contributed by atoms with van der Waals surface area (Å²) in [6.45, 7) is 3.80. The molecule has 0 radical (unpaired) electrons. The Bertz CT molecular complexity index is 1330. The van der Waals surface area contributed by atoms with Gasteiger partial charge in [0.1, 0.15) is 5.75 Å². The molecule has 0 fully saturated rings. The van der Waals surface area contributed by atoms with E-state index in [2.05, 4.69) is 5.32 Å². The van der Waals surface area contributed by atoms with E-state index in [1.54, 1.807) is 30.3 Å². The molecule has 34 heavy (non-hydrogen) atoms. The maximum absolute atomic E-state index is 13.1. The number of carbonyl (C=O) groups is 4. The Labute approximate surface area is 196 Å². The third kappa shape index (κ3) is 4.38. The molecule has 3 aromatic carbocycles. The van der Waals surface area contributed by atoms with E-state index in [1.165, 1.54) is 18.2 Å². The molecule has 0 aromatic heterocycles. The predicted molar refractivity (Wildman–Crippen MR) is 127 cm³/mol. The Morgan fingerprint density at radius 1 is 0.941 bits per heavy atom. The number of imide groups is 1. The van der Waals surface area contributed by atoms with Gasteiger partial charge in [0.25, 0.3) is 17.7 Å². The quantitative estimate of drug-likeness (QED) is 0.526. The standard InChI is InChI=1S/C26H23N3O5/c1-15-7-8-16(2)21(13-15)29-25(32)18-10-9-17(14-19(18)26(29)33)24(31)28-20-5-3-4-6-22(20)34-12-11-23(27)30/h3-10,13-14H,11-12H2,1-2H3,(H2,27,30)(H,28,31). The number of hydrogen-bond donors (Lipinski definition) is 2. The van der Waals surface area contributed by atoms with Gasteiger partial charge in [-0.3, -0.25) is 19.2 Å². The number of nitrogens with zero attached hydrogens (tertiary/aromatic N) is 1. The number of aryl methyl sites for hydroxylation is 2. The molecule has 1 aliphatic rings. The minimum absolute atomic E-state index is 0.0418. The van der Waals surface area contributed by atoms with Gasteiger partial charge in [0.05, 0.1) is 35.5 Å². The van der Waals surface area contributed by atoms with E-state index in [0.29, 0.717) is 17.1 Å². The molecule has 0 unspecified atom stereocenters. The Morgan fingerprint density at radius 3 is 2.44 bits per heavy atom. The summed E-state index contributed by atoms with van der Waals surface area (Å²) in [6, 6.07) is 16.7. The van der Waals surface area contributed by atoms with Gasteiger partial charge in [-0.05, 0) is 61.4 Å². The average Bonchev–Trinajstić information content (AvgIpc) is 3.05. The van der Waals surface area contributed by atoms with Crippen LogP contribution in [-0.4, -0.2) is 30.2 Å². The van der Waals surface area contributed by atoms with Crippen LogP contribution in [0.25, 0.3) is 0 Å². The number of primary amides is 1. The van der Waals surface area contributed by atoms with E-state index in [4.69, 9.17) is 10.5 Å². The minimum atomic E-state index is -0.492. The first kappa shape index (κ1) is 22.7. The molecule has 4 amide bonds. The summed E-state index contributed by atoms with van der Waals surface area (Å²) in [5, 5.41) is 2.75. The average molecular weight is 457 g/mol. The number of fused-ring (bicyclic) bond motifs is 1. The SMILES string of the molecule is Cc1ccc(C)c(N2C(=O)c3ccc(C(=O)Nc4ccccc4OCCC(N)=O)cc3C2=O)c1. The molecule has 1 heterocycles. The highest BCUT2D eigenvalue weighted by molar-refractivity contribution is 6.35. The Balaban J connectivity index is 1.57. The van der Waals surface area contributed by atoms with Crippen molar-refractivity contribution in [1.29, 1.82) is 0 Å². The Morgan fingerprint density at radius 2 is 1.68 bits per heavy atom. The summed E-state index contributed by atoms with van der Waals surface area (Å²) in [5.41, 5.74) is 8.42. The molecule has 0 atom stereocenters. The first-order chi connectivity index (χ1) is 16.3. The zero-order chi connectivity index (χ0) is 24.4. The molecule has 172 valence electrons. The highest BCUT2D eigenvalue weighted by atomic mass is 16.5. The van der Waals surface area contributed by atoms with Crippen molar-refractivity contribution in [2.45, 2.75) is 20.3 Å². The van der Waals surface area contributed by atoms with Crippen molar-refractivity contribution >= 4 is 35.0 Å². The fourth-order valence-corrected chi connectivity index (χ4v) is 3.71. The smallest absolute Gasteiger partial charge is 0.266 e. The van der Waals surface area contributed by atoms with Gasteiger partial charge in [0.2, 0.25) is 5.91 Å². The lowest BCUT2D eigenvalue weighted by Gasteiger charge is -2.17. The number of benzene rings is 3. The molecule has 0 saturated heterocycles. The summed E-state index contributed by atoms with van der Waals surface area (Å²) in [6.07, 6.45) is 0.0418.